The molecule has 0 aliphatic rings. The monoisotopic (exact) mass is 248 g/mol. The molecule has 5 nitrogen and oxygen atoms in total. The molecule has 0 saturated heterocycles. The molecule has 0 heterocycles. The predicted octanol–water partition coefficient (Wildman–Crippen LogP) is 1.02. The third kappa shape index (κ3) is 6.05. The van der Waals surface area contributed by atoms with Crippen molar-refractivity contribution in [1.82, 2.24) is 4.72 Å². The summed E-state index contributed by atoms with van der Waals surface area (Å²) in [6.07, 6.45) is 2.92. The van der Waals surface area contributed by atoms with Crippen LogP contribution in [0.1, 0.15) is 32.6 Å². The van der Waals surface area contributed by atoms with Gasteiger partial charge >= 0.3 is 0 Å². The summed E-state index contributed by atoms with van der Waals surface area (Å²) in [6.45, 7) is 2.78. The van der Waals surface area contributed by atoms with Crippen LogP contribution >= 0.6 is 0 Å². The molecule has 1 N–H and O–H groups in total. The van der Waals surface area contributed by atoms with E-state index in [2.05, 4.69) is 4.72 Å². The van der Waals surface area contributed by atoms with Gasteiger partial charge in [-0.05, 0) is 25.7 Å². The number of rotatable bonds is 9. The van der Waals surface area contributed by atoms with Crippen molar-refractivity contribution in [3.63, 3.8) is 0 Å². The molecule has 0 rings (SSSR count). The number of hydrogen-bond donors (Lipinski definition) is 1. The van der Waals surface area contributed by atoms with E-state index < -0.39 is 15.3 Å². The molecule has 0 saturated carbocycles. The van der Waals surface area contributed by atoms with Crippen molar-refractivity contribution in [1.29, 1.82) is 5.26 Å². The van der Waals surface area contributed by atoms with Gasteiger partial charge in [0, 0.05) is 20.3 Å². The highest BCUT2D eigenvalue weighted by Crippen LogP contribution is 2.03. The lowest BCUT2D eigenvalue weighted by Crippen LogP contribution is -2.33. The van der Waals surface area contributed by atoms with Crippen molar-refractivity contribution < 1.29 is 13.2 Å². The molecule has 0 aromatic carbocycles. The highest BCUT2D eigenvalue weighted by atomic mass is 32.2. The average Bonchev–Trinajstić information content (AvgIpc) is 2.24. The number of methoxy groups -OCH3 is 1. The van der Waals surface area contributed by atoms with Crippen molar-refractivity contribution in [2.24, 2.45) is 0 Å². The first-order valence-corrected chi connectivity index (χ1v) is 7.00. The van der Waals surface area contributed by atoms with E-state index in [0.717, 1.165) is 19.3 Å². The maximum absolute atomic E-state index is 11.5. The molecule has 0 bridgehead atoms. The maximum Gasteiger partial charge on any atom is 0.227 e. The number of nitrogens with zero attached hydrogens (tertiary/aromatic N) is 1. The Morgan fingerprint density at radius 2 is 2.06 bits per heavy atom. The van der Waals surface area contributed by atoms with Gasteiger partial charge in [-0.2, -0.15) is 5.26 Å². The molecule has 0 aromatic rings. The Kier molecular flexibility index (Phi) is 8.16. The lowest BCUT2D eigenvalue weighted by Gasteiger charge is -2.09. The van der Waals surface area contributed by atoms with Gasteiger partial charge in [-0.15, -0.1) is 0 Å². The summed E-state index contributed by atoms with van der Waals surface area (Å²) in [6, 6.07) is 1.78. The first-order chi connectivity index (χ1) is 7.58. The zero-order chi connectivity index (χ0) is 12.4. The topological polar surface area (TPSA) is 79.2 Å². The van der Waals surface area contributed by atoms with Crippen LogP contribution < -0.4 is 4.72 Å². The van der Waals surface area contributed by atoms with Gasteiger partial charge in [0.1, 0.15) is 0 Å². The lowest BCUT2D eigenvalue weighted by molar-refractivity contribution is 0.192. The molecule has 0 amide bonds. The molecular weight excluding hydrogens is 228 g/mol. The zero-order valence-corrected chi connectivity index (χ0v) is 10.7. The second kappa shape index (κ2) is 8.50. The zero-order valence-electron chi connectivity index (χ0n) is 9.90. The molecular formula is C10H20N2O3S. The molecule has 16 heavy (non-hydrogen) atoms. The number of nitrogens with one attached hydrogen (secondary N) is 1. The normalized spacial score (nSPS) is 13.3. The van der Waals surface area contributed by atoms with Crippen LogP contribution in [0.2, 0.25) is 0 Å². The Morgan fingerprint density at radius 3 is 2.56 bits per heavy atom. The van der Waals surface area contributed by atoms with Gasteiger partial charge in [0.05, 0.1) is 6.07 Å². The Morgan fingerprint density at radius 1 is 1.38 bits per heavy atom. The van der Waals surface area contributed by atoms with Gasteiger partial charge in [-0.25, -0.2) is 13.1 Å². The predicted molar refractivity (Wildman–Crippen MR) is 62.3 cm³/mol. The van der Waals surface area contributed by atoms with E-state index in [-0.39, 0.29) is 0 Å². The number of nitriles is 1. The molecule has 0 aliphatic heterocycles. The van der Waals surface area contributed by atoms with E-state index in [0.29, 0.717) is 19.6 Å². The summed E-state index contributed by atoms with van der Waals surface area (Å²) >= 11 is 0. The molecule has 0 spiro atoms. The summed E-state index contributed by atoms with van der Waals surface area (Å²) in [5.74, 6) is 0. The Labute approximate surface area is 97.8 Å². The molecule has 0 radical (unpaired) electrons. The summed E-state index contributed by atoms with van der Waals surface area (Å²) in [4.78, 5) is 0. The third-order valence-corrected chi connectivity index (χ3v) is 4.01. The van der Waals surface area contributed by atoms with E-state index in [1.54, 1.807) is 20.1 Å². The molecule has 1 unspecified atom stereocenters. The van der Waals surface area contributed by atoms with Crippen LogP contribution in [0.3, 0.4) is 0 Å². The van der Waals surface area contributed by atoms with Crippen molar-refractivity contribution in [2.75, 3.05) is 20.3 Å². The van der Waals surface area contributed by atoms with E-state index >= 15 is 0 Å². The molecule has 6 heteroatoms. The van der Waals surface area contributed by atoms with Crippen molar-refractivity contribution >= 4 is 10.0 Å². The van der Waals surface area contributed by atoms with Crippen LogP contribution in [-0.4, -0.2) is 33.9 Å². The van der Waals surface area contributed by atoms with Gasteiger partial charge in [-0.1, -0.05) is 6.92 Å². The number of ether oxygens (including phenoxy) is 1. The van der Waals surface area contributed by atoms with Gasteiger partial charge in [-0.3, -0.25) is 0 Å². The average molecular weight is 248 g/mol. The Hall–Kier alpha value is -0.640. The molecule has 94 valence electrons. The first-order valence-electron chi connectivity index (χ1n) is 5.45. The molecule has 0 aromatic heterocycles. The number of sulfonamides is 1. The van der Waals surface area contributed by atoms with Crippen molar-refractivity contribution in [2.45, 2.75) is 37.9 Å². The quantitative estimate of drug-likeness (QED) is 0.618. The van der Waals surface area contributed by atoms with Crippen LogP contribution in [0.15, 0.2) is 0 Å². The van der Waals surface area contributed by atoms with Crippen LogP contribution in [0, 0.1) is 11.3 Å². The summed E-state index contributed by atoms with van der Waals surface area (Å²) in [7, 11) is -1.82. The first kappa shape index (κ1) is 15.4. The van der Waals surface area contributed by atoms with E-state index in [1.165, 1.54) is 0 Å². The fourth-order valence-corrected chi connectivity index (χ4v) is 2.45. The van der Waals surface area contributed by atoms with Gasteiger partial charge in [0.2, 0.25) is 10.0 Å². The summed E-state index contributed by atoms with van der Waals surface area (Å²) < 4.78 is 30.4. The fraction of sp³-hybridized carbons (Fsp3) is 0.900. The Balaban J connectivity index is 3.80. The summed E-state index contributed by atoms with van der Waals surface area (Å²) in [5.41, 5.74) is 0. The van der Waals surface area contributed by atoms with E-state index in [1.807, 2.05) is 0 Å². The minimum absolute atomic E-state index is 0.315. The minimum Gasteiger partial charge on any atom is -0.385 e. The standard InChI is InChI=1S/C10H20N2O3S/c1-3-10(9-11)16(13,14)12-7-5-4-6-8-15-2/h10,12H,3-8H2,1-2H3. The van der Waals surface area contributed by atoms with Crippen LogP contribution in [0.5, 0.6) is 0 Å². The van der Waals surface area contributed by atoms with Crippen molar-refractivity contribution in [3.8, 4) is 6.07 Å². The molecule has 1 atom stereocenters. The minimum atomic E-state index is -3.46. The third-order valence-electron chi connectivity index (χ3n) is 2.22. The summed E-state index contributed by atoms with van der Waals surface area (Å²) in [5, 5.41) is 7.71. The highest BCUT2D eigenvalue weighted by Gasteiger charge is 2.22. The van der Waals surface area contributed by atoms with Crippen LogP contribution in [0.4, 0.5) is 0 Å². The SMILES string of the molecule is CCC(C#N)S(=O)(=O)NCCCCCOC. The highest BCUT2D eigenvalue weighted by molar-refractivity contribution is 7.90. The largest absolute Gasteiger partial charge is 0.385 e. The van der Waals surface area contributed by atoms with Gasteiger partial charge in [0.25, 0.3) is 0 Å². The second-order valence-corrected chi connectivity index (χ2v) is 5.47. The Bertz CT molecular complexity index is 309. The lowest BCUT2D eigenvalue weighted by atomic mass is 10.2. The van der Waals surface area contributed by atoms with Gasteiger partial charge < -0.3 is 4.74 Å². The number of hydrogen-bond acceptors (Lipinski definition) is 4. The van der Waals surface area contributed by atoms with E-state index in [9.17, 15) is 8.42 Å². The molecule has 0 aliphatic carbocycles. The van der Waals surface area contributed by atoms with Crippen LogP contribution in [0.25, 0.3) is 0 Å². The van der Waals surface area contributed by atoms with Crippen molar-refractivity contribution in [3.05, 3.63) is 0 Å². The van der Waals surface area contributed by atoms with Gasteiger partial charge in [0.15, 0.2) is 5.25 Å². The maximum atomic E-state index is 11.5. The second-order valence-electron chi connectivity index (χ2n) is 3.52. The number of unbranched alkanes of at least 4 members (excludes halogenated alkanes) is 2. The van der Waals surface area contributed by atoms with Crippen LogP contribution in [-0.2, 0) is 14.8 Å². The fourth-order valence-electron chi connectivity index (χ4n) is 1.24. The smallest absolute Gasteiger partial charge is 0.227 e. The van der Waals surface area contributed by atoms with E-state index in [4.69, 9.17) is 10.00 Å². The molecule has 0 fully saturated rings.